The van der Waals surface area contributed by atoms with E-state index in [0.29, 0.717) is 16.3 Å². The van der Waals surface area contributed by atoms with Gasteiger partial charge in [0.25, 0.3) is 0 Å². The van der Waals surface area contributed by atoms with E-state index in [4.69, 9.17) is 21.1 Å². The highest BCUT2D eigenvalue weighted by Gasteiger charge is 2.22. The lowest BCUT2D eigenvalue weighted by molar-refractivity contribution is -0.145. The lowest BCUT2D eigenvalue weighted by Crippen LogP contribution is -2.43. The van der Waals surface area contributed by atoms with E-state index in [9.17, 15) is 14.0 Å². The van der Waals surface area contributed by atoms with Crippen molar-refractivity contribution in [2.24, 2.45) is 0 Å². The van der Waals surface area contributed by atoms with Crippen molar-refractivity contribution in [1.29, 1.82) is 0 Å². The summed E-state index contributed by atoms with van der Waals surface area (Å²) in [5.41, 5.74) is 2.14. The predicted octanol–water partition coefficient (Wildman–Crippen LogP) is 5.65. The molecule has 7 heteroatoms. The molecule has 1 N–H and O–H groups in total. The first kappa shape index (κ1) is 25.2. The Morgan fingerprint density at radius 3 is 2.36 bits per heavy atom. The van der Waals surface area contributed by atoms with Crippen LogP contribution in [0.5, 0.6) is 5.75 Å². The van der Waals surface area contributed by atoms with Crippen molar-refractivity contribution in [3.8, 4) is 5.75 Å². The molecule has 1 unspecified atom stereocenters. The van der Waals surface area contributed by atoms with Crippen molar-refractivity contribution in [1.82, 2.24) is 5.32 Å². The molecule has 4 aromatic carbocycles. The number of hydrogen-bond acceptors (Lipinski definition) is 4. The average molecular weight is 506 g/mol. The molecular weight excluding hydrogens is 481 g/mol. The molecule has 0 aliphatic heterocycles. The van der Waals surface area contributed by atoms with Crippen LogP contribution in [-0.4, -0.2) is 25.0 Å². The molecule has 0 aliphatic carbocycles. The largest absolute Gasteiger partial charge is 0.489 e. The van der Waals surface area contributed by atoms with Gasteiger partial charge in [-0.1, -0.05) is 66.2 Å². The average Bonchev–Trinajstić information content (AvgIpc) is 2.88. The molecule has 36 heavy (non-hydrogen) atoms. The van der Waals surface area contributed by atoms with Crippen LogP contribution >= 0.6 is 11.6 Å². The topological polar surface area (TPSA) is 64.6 Å². The van der Waals surface area contributed by atoms with Gasteiger partial charge in [0.1, 0.15) is 24.2 Å². The van der Waals surface area contributed by atoms with Crippen molar-refractivity contribution in [2.45, 2.75) is 25.5 Å². The van der Waals surface area contributed by atoms with Crippen molar-refractivity contribution in [2.75, 3.05) is 7.11 Å². The van der Waals surface area contributed by atoms with Crippen LogP contribution in [0.1, 0.15) is 16.7 Å². The molecule has 0 heterocycles. The normalized spacial score (nSPS) is 11.6. The molecule has 1 atom stereocenters. The van der Waals surface area contributed by atoms with Gasteiger partial charge in [-0.25, -0.2) is 9.18 Å². The van der Waals surface area contributed by atoms with Crippen LogP contribution in [-0.2, 0) is 33.8 Å². The summed E-state index contributed by atoms with van der Waals surface area (Å²) in [6, 6.07) is 24.0. The zero-order valence-electron chi connectivity index (χ0n) is 19.7. The number of amides is 1. The first-order chi connectivity index (χ1) is 17.4. The molecule has 0 aliphatic rings. The van der Waals surface area contributed by atoms with Gasteiger partial charge < -0.3 is 14.8 Å². The van der Waals surface area contributed by atoms with Gasteiger partial charge in [-0.3, -0.25) is 4.79 Å². The number of fused-ring (bicyclic) bond motifs is 1. The molecule has 4 aromatic rings. The van der Waals surface area contributed by atoms with E-state index >= 15 is 0 Å². The zero-order valence-corrected chi connectivity index (χ0v) is 20.4. The SMILES string of the molecule is COC(=O)C(Cc1ccc2cc(OCc3ccccc3F)ccc2c1)NC(=O)Cc1ccc(Cl)cc1. The van der Waals surface area contributed by atoms with E-state index < -0.39 is 12.0 Å². The summed E-state index contributed by atoms with van der Waals surface area (Å²) < 4.78 is 24.5. The van der Waals surface area contributed by atoms with Gasteiger partial charge in [-0.2, -0.15) is 0 Å². The van der Waals surface area contributed by atoms with E-state index in [1.54, 1.807) is 42.5 Å². The van der Waals surface area contributed by atoms with Crippen LogP contribution in [0, 0.1) is 5.82 Å². The minimum atomic E-state index is -0.823. The third-order valence-electron chi connectivity index (χ3n) is 5.77. The molecule has 0 radical (unpaired) electrons. The van der Waals surface area contributed by atoms with Crippen LogP contribution in [0.2, 0.25) is 5.02 Å². The summed E-state index contributed by atoms with van der Waals surface area (Å²) in [5.74, 6) is -0.481. The number of ether oxygens (including phenoxy) is 2. The van der Waals surface area contributed by atoms with Crippen LogP contribution in [0.25, 0.3) is 10.8 Å². The maximum atomic E-state index is 13.8. The smallest absolute Gasteiger partial charge is 0.328 e. The molecule has 0 saturated heterocycles. The van der Waals surface area contributed by atoms with Crippen molar-refractivity contribution < 1.29 is 23.5 Å². The molecule has 0 fully saturated rings. The van der Waals surface area contributed by atoms with Gasteiger partial charge in [0, 0.05) is 17.0 Å². The number of carbonyl (C=O) groups is 2. The Morgan fingerprint density at radius 1 is 0.917 bits per heavy atom. The molecule has 1 amide bonds. The number of rotatable bonds is 9. The molecule has 4 rings (SSSR count). The molecule has 0 aromatic heterocycles. The van der Waals surface area contributed by atoms with E-state index in [1.165, 1.54) is 13.2 Å². The zero-order chi connectivity index (χ0) is 25.5. The van der Waals surface area contributed by atoms with E-state index in [0.717, 1.165) is 21.9 Å². The standard InChI is InChI=1S/C29H25ClFNO4/c1-35-29(34)27(32-28(33)16-19-7-11-24(30)12-8-19)15-20-6-9-22-17-25(13-10-21(22)14-20)36-18-23-4-2-3-5-26(23)31/h2-14,17,27H,15-16,18H2,1H3,(H,32,33). The first-order valence-corrected chi connectivity index (χ1v) is 11.8. The molecule has 184 valence electrons. The van der Waals surface area contributed by atoms with Crippen molar-refractivity contribution in [3.05, 3.63) is 112 Å². The summed E-state index contributed by atoms with van der Waals surface area (Å²) >= 11 is 5.90. The highest BCUT2D eigenvalue weighted by Crippen LogP contribution is 2.24. The van der Waals surface area contributed by atoms with Gasteiger partial charge in [-0.05, 0) is 52.2 Å². The Balaban J connectivity index is 1.43. The summed E-state index contributed by atoms with van der Waals surface area (Å²) in [7, 11) is 1.30. The fraction of sp³-hybridized carbons (Fsp3) is 0.172. The van der Waals surface area contributed by atoms with E-state index in [1.807, 2.05) is 36.4 Å². The quantitative estimate of drug-likeness (QED) is 0.298. The fourth-order valence-electron chi connectivity index (χ4n) is 3.87. The van der Waals surface area contributed by atoms with Crippen LogP contribution in [0.15, 0.2) is 84.9 Å². The number of methoxy groups -OCH3 is 1. The Kier molecular flexibility index (Phi) is 8.18. The van der Waals surface area contributed by atoms with Gasteiger partial charge >= 0.3 is 5.97 Å². The number of carbonyl (C=O) groups excluding carboxylic acids is 2. The van der Waals surface area contributed by atoms with Crippen LogP contribution in [0.3, 0.4) is 0 Å². The number of benzene rings is 4. The van der Waals surface area contributed by atoms with Gasteiger partial charge in [-0.15, -0.1) is 0 Å². The third kappa shape index (κ3) is 6.61. The van der Waals surface area contributed by atoms with Crippen LogP contribution in [0.4, 0.5) is 4.39 Å². The summed E-state index contributed by atoms with van der Waals surface area (Å²) in [5, 5.41) is 5.25. The van der Waals surface area contributed by atoms with Gasteiger partial charge in [0.05, 0.1) is 13.5 Å². The summed E-state index contributed by atoms with van der Waals surface area (Å²) in [6.07, 6.45) is 0.401. The molecule has 0 bridgehead atoms. The highest BCUT2D eigenvalue weighted by atomic mass is 35.5. The Hall–Kier alpha value is -3.90. The third-order valence-corrected chi connectivity index (χ3v) is 6.02. The number of nitrogens with one attached hydrogen (secondary N) is 1. The van der Waals surface area contributed by atoms with Gasteiger partial charge in [0.15, 0.2) is 0 Å². The van der Waals surface area contributed by atoms with Crippen molar-refractivity contribution >= 4 is 34.2 Å². The van der Waals surface area contributed by atoms with Crippen LogP contribution < -0.4 is 10.1 Å². The number of halogens is 2. The molecule has 5 nitrogen and oxygen atoms in total. The maximum Gasteiger partial charge on any atom is 0.328 e. The number of hydrogen-bond donors (Lipinski definition) is 1. The minimum absolute atomic E-state index is 0.123. The minimum Gasteiger partial charge on any atom is -0.489 e. The lowest BCUT2D eigenvalue weighted by Gasteiger charge is -2.17. The Morgan fingerprint density at radius 2 is 1.61 bits per heavy atom. The Bertz CT molecular complexity index is 1370. The second-order valence-corrected chi connectivity index (χ2v) is 8.81. The highest BCUT2D eigenvalue weighted by molar-refractivity contribution is 6.30. The maximum absolute atomic E-state index is 13.8. The molecular formula is C29H25ClFNO4. The molecule has 0 saturated carbocycles. The predicted molar refractivity (Wildman–Crippen MR) is 137 cm³/mol. The first-order valence-electron chi connectivity index (χ1n) is 11.4. The van der Waals surface area contributed by atoms with E-state index in [-0.39, 0.29) is 31.2 Å². The van der Waals surface area contributed by atoms with Gasteiger partial charge in [0.2, 0.25) is 5.91 Å². The monoisotopic (exact) mass is 505 g/mol. The van der Waals surface area contributed by atoms with Crippen molar-refractivity contribution in [3.63, 3.8) is 0 Å². The van der Waals surface area contributed by atoms with E-state index in [2.05, 4.69) is 5.32 Å². The fourth-order valence-corrected chi connectivity index (χ4v) is 4.00. The second kappa shape index (κ2) is 11.7. The Labute approximate surface area is 213 Å². The number of esters is 1. The molecule has 0 spiro atoms. The second-order valence-electron chi connectivity index (χ2n) is 8.37. The summed E-state index contributed by atoms with van der Waals surface area (Å²) in [4.78, 5) is 24.9. The lowest BCUT2D eigenvalue weighted by atomic mass is 10.0. The summed E-state index contributed by atoms with van der Waals surface area (Å²) in [6.45, 7) is 0.132.